The van der Waals surface area contributed by atoms with Gasteiger partial charge in [0.2, 0.25) is 0 Å². The summed E-state index contributed by atoms with van der Waals surface area (Å²) in [6.07, 6.45) is 0. The van der Waals surface area contributed by atoms with Crippen molar-refractivity contribution in [3.63, 3.8) is 0 Å². The van der Waals surface area contributed by atoms with Crippen LogP contribution in [0.25, 0.3) is 10.8 Å². The lowest BCUT2D eigenvalue weighted by Gasteiger charge is -2.05. The van der Waals surface area contributed by atoms with E-state index in [0.29, 0.717) is 0 Å². The summed E-state index contributed by atoms with van der Waals surface area (Å²) in [5.41, 5.74) is 3.55. The van der Waals surface area contributed by atoms with Crippen molar-refractivity contribution < 1.29 is 0 Å². The number of nitrogens with zero attached hydrogens (tertiary/aromatic N) is 1. The molecule has 0 atom stereocenters. The molecule has 0 unspecified atom stereocenters. The van der Waals surface area contributed by atoms with Gasteiger partial charge in [-0.25, -0.2) is 0 Å². The van der Waals surface area contributed by atoms with Crippen LogP contribution >= 0.6 is 0 Å². The first kappa shape index (κ1) is 12.6. The van der Waals surface area contributed by atoms with Gasteiger partial charge in [-0.05, 0) is 28.8 Å². The Morgan fingerprint density at radius 3 is 2.35 bits per heavy atom. The van der Waals surface area contributed by atoms with E-state index in [0.717, 1.165) is 12.3 Å². The fourth-order valence-corrected chi connectivity index (χ4v) is 2.40. The molecular formula is C19H17N. The summed E-state index contributed by atoms with van der Waals surface area (Å²) in [5.74, 6) is 0. The molecule has 3 aromatic carbocycles. The van der Waals surface area contributed by atoms with Crippen LogP contribution in [0.2, 0.25) is 0 Å². The fourth-order valence-electron chi connectivity index (χ4n) is 2.40. The zero-order chi connectivity index (χ0) is 13.8. The van der Waals surface area contributed by atoms with Crippen LogP contribution in [0.1, 0.15) is 18.1 Å². The molecule has 0 saturated heterocycles. The normalized spacial score (nSPS) is 11.8. The van der Waals surface area contributed by atoms with Gasteiger partial charge in [0.25, 0.3) is 0 Å². The summed E-state index contributed by atoms with van der Waals surface area (Å²) >= 11 is 0. The topological polar surface area (TPSA) is 12.4 Å². The van der Waals surface area contributed by atoms with E-state index in [2.05, 4.69) is 61.5 Å². The fraction of sp³-hybridized carbons (Fsp3) is 0.105. The molecular weight excluding hydrogens is 242 g/mol. The van der Waals surface area contributed by atoms with Crippen LogP contribution in [0.5, 0.6) is 0 Å². The first-order valence-corrected chi connectivity index (χ1v) is 6.88. The Hall–Kier alpha value is -2.41. The largest absolute Gasteiger partial charge is 0.285 e. The van der Waals surface area contributed by atoms with E-state index >= 15 is 0 Å². The molecule has 98 valence electrons. The van der Waals surface area contributed by atoms with Crippen molar-refractivity contribution in [2.75, 3.05) is 0 Å². The van der Waals surface area contributed by atoms with Gasteiger partial charge in [-0.3, -0.25) is 4.99 Å². The van der Waals surface area contributed by atoms with Gasteiger partial charge in [-0.15, -0.1) is 0 Å². The minimum atomic E-state index is 0.724. The van der Waals surface area contributed by atoms with Crippen LogP contribution in [0.3, 0.4) is 0 Å². The second-order valence-electron chi connectivity index (χ2n) is 4.91. The molecule has 0 aliphatic heterocycles. The van der Waals surface area contributed by atoms with Crippen molar-refractivity contribution in [2.24, 2.45) is 4.99 Å². The number of hydrogen-bond acceptors (Lipinski definition) is 1. The molecule has 3 rings (SSSR count). The van der Waals surface area contributed by atoms with Crippen molar-refractivity contribution in [2.45, 2.75) is 13.5 Å². The Morgan fingerprint density at radius 2 is 1.50 bits per heavy atom. The molecule has 1 heteroatoms. The highest BCUT2D eigenvalue weighted by Crippen LogP contribution is 2.19. The van der Waals surface area contributed by atoms with Crippen LogP contribution in [0, 0.1) is 0 Å². The van der Waals surface area contributed by atoms with Crippen LogP contribution in [0.15, 0.2) is 77.8 Å². The number of fused-ring (bicyclic) bond motifs is 1. The van der Waals surface area contributed by atoms with Crippen molar-refractivity contribution in [3.8, 4) is 0 Å². The van der Waals surface area contributed by atoms with Crippen LogP contribution in [0.4, 0.5) is 0 Å². The smallest absolute Gasteiger partial charge is 0.0649 e. The quantitative estimate of drug-likeness (QED) is 0.596. The molecule has 1 nitrogen and oxygen atoms in total. The molecule has 0 fully saturated rings. The summed E-state index contributed by atoms with van der Waals surface area (Å²) in [5, 5.41) is 2.57. The van der Waals surface area contributed by atoms with Crippen molar-refractivity contribution in [1.82, 2.24) is 0 Å². The molecule has 0 bridgehead atoms. The van der Waals surface area contributed by atoms with Crippen LogP contribution in [-0.2, 0) is 6.54 Å². The van der Waals surface area contributed by atoms with Gasteiger partial charge in [0, 0.05) is 5.71 Å². The third-order valence-electron chi connectivity index (χ3n) is 3.56. The summed E-state index contributed by atoms with van der Waals surface area (Å²) < 4.78 is 0. The van der Waals surface area contributed by atoms with E-state index in [1.54, 1.807) is 0 Å². The zero-order valence-electron chi connectivity index (χ0n) is 11.6. The molecule has 3 aromatic rings. The Morgan fingerprint density at radius 1 is 0.800 bits per heavy atom. The number of benzene rings is 3. The Kier molecular flexibility index (Phi) is 3.60. The predicted octanol–water partition coefficient (Wildman–Crippen LogP) is 4.85. The van der Waals surface area contributed by atoms with Gasteiger partial charge in [0.15, 0.2) is 0 Å². The van der Waals surface area contributed by atoms with Crippen molar-refractivity contribution in [1.29, 1.82) is 0 Å². The minimum absolute atomic E-state index is 0.724. The monoisotopic (exact) mass is 259 g/mol. The highest BCUT2D eigenvalue weighted by molar-refractivity contribution is 5.98. The average Bonchev–Trinajstić information content (AvgIpc) is 2.53. The molecule has 0 aliphatic carbocycles. The average molecular weight is 259 g/mol. The molecule has 0 aliphatic rings. The number of hydrogen-bond donors (Lipinski definition) is 0. The second kappa shape index (κ2) is 5.70. The van der Waals surface area contributed by atoms with E-state index in [4.69, 9.17) is 4.99 Å². The van der Waals surface area contributed by atoms with E-state index < -0.39 is 0 Å². The van der Waals surface area contributed by atoms with Crippen molar-refractivity contribution in [3.05, 3.63) is 83.9 Å². The van der Waals surface area contributed by atoms with E-state index in [1.807, 2.05) is 18.2 Å². The summed E-state index contributed by atoms with van der Waals surface area (Å²) in [6.45, 7) is 2.79. The first-order chi connectivity index (χ1) is 9.84. The molecule has 0 amide bonds. The Bertz CT molecular complexity index is 737. The van der Waals surface area contributed by atoms with Gasteiger partial charge in [0.05, 0.1) is 6.54 Å². The molecule has 0 spiro atoms. The summed E-state index contributed by atoms with van der Waals surface area (Å²) in [4.78, 5) is 4.73. The predicted molar refractivity (Wildman–Crippen MR) is 86.3 cm³/mol. The lowest BCUT2D eigenvalue weighted by atomic mass is 10.0. The van der Waals surface area contributed by atoms with E-state index in [1.165, 1.54) is 21.9 Å². The Balaban J connectivity index is 1.91. The molecule has 20 heavy (non-hydrogen) atoms. The summed E-state index contributed by atoms with van der Waals surface area (Å²) in [6, 6.07) is 25.2. The standard InChI is InChI=1S/C19H17N/c1-15(16-8-3-2-4-9-16)20-14-18-12-7-11-17-10-5-6-13-19(17)18/h2-13H,14H2,1H3. The third-order valence-corrected chi connectivity index (χ3v) is 3.56. The molecule has 0 saturated carbocycles. The summed E-state index contributed by atoms with van der Waals surface area (Å²) in [7, 11) is 0. The third kappa shape index (κ3) is 2.62. The number of rotatable bonds is 3. The van der Waals surface area contributed by atoms with Crippen LogP contribution in [-0.4, -0.2) is 5.71 Å². The Labute approximate surface area is 119 Å². The van der Waals surface area contributed by atoms with Gasteiger partial charge in [-0.1, -0.05) is 72.8 Å². The molecule has 0 radical (unpaired) electrons. The highest BCUT2D eigenvalue weighted by atomic mass is 14.7. The van der Waals surface area contributed by atoms with Gasteiger partial charge >= 0.3 is 0 Å². The molecule has 0 heterocycles. The molecule has 0 N–H and O–H groups in total. The second-order valence-corrected chi connectivity index (χ2v) is 4.91. The van der Waals surface area contributed by atoms with Crippen LogP contribution < -0.4 is 0 Å². The SMILES string of the molecule is CC(=NCc1cccc2ccccc12)c1ccccc1. The highest BCUT2D eigenvalue weighted by Gasteiger charge is 2.00. The van der Waals surface area contributed by atoms with Gasteiger partial charge in [0.1, 0.15) is 0 Å². The van der Waals surface area contributed by atoms with Gasteiger partial charge < -0.3 is 0 Å². The number of aliphatic imine (C=N–C) groups is 1. The maximum atomic E-state index is 4.73. The molecule has 0 aromatic heterocycles. The maximum absolute atomic E-state index is 4.73. The first-order valence-electron chi connectivity index (χ1n) is 6.88. The van der Waals surface area contributed by atoms with Crippen molar-refractivity contribution >= 4 is 16.5 Å². The van der Waals surface area contributed by atoms with E-state index in [9.17, 15) is 0 Å². The van der Waals surface area contributed by atoms with Gasteiger partial charge in [-0.2, -0.15) is 0 Å². The minimum Gasteiger partial charge on any atom is -0.285 e. The maximum Gasteiger partial charge on any atom is 0.0649 e. The zero-order valence-corrected chi connectivity index (χ0v) is 11.6. The lowest BCUT2D eigenvalue weighted by molar-refractivity contribution is 1.08. The lowest BCUT2D eigenvalue weighted by Crippen LogP contribution is -1.95. The van der Waals surface area contributed by atoms with E-state index in [-0.39, 0.29) is 0 Å².